The van der Waals surface area contributed by atoms with Gasteiger partial charge in [-0.1, -0.05) is 49.0 Å². The highest BCUT2D eigenvalue weighted by Gasteiger charge is 2.36. The Morgan fingerprint density at radius 2 is 1.96 bits per heavy atom. The number of carboxylic acid groups (broad SMARTS) is 1. The molecule has 0 spiro atoms. The van der Waals surface area contributed by atoms with Crippen LogP contribution < -0.4 is 0 Å². The average Bonchev–Trinajstić information content (AvgIpc) is 2.98. The molecule has 1 N–H and O–H groups in total. The fraction of sp³-hybridized carbons (Fsp3) is 0.353. The Bertz CT molecular complexity index is 641. The Morgan fingerprint density at radius 3 is 2.52 bits per heavy atom. The summed E-state index contributed by atoms with van der Waals surface area (Å²) in [5.74, 6) is -1.34. The van der Waals surface area contributed by atoms with Crippen LogP contribution in [-0.2, 0) is 14.4 Å². The van der Waals surface area contributed by atoms with Crippen molar-refractivity contribution in [3.8, 4) is 0 Å². The molecule has 122 valence electrons. The number of amides is 1. The third-order valence-corrected chi connectivity index (χ3v) is 4.75. The summed E-state index contributed by atoms with van der Waals surface area (Å²) in [6.07, 6.45) is 1.63. The smallest absolute Gasteiger partial charge is 0.330 e. The predicted molar refractivity (Wildman–Crippen MR) is 89.9 cm³/mol. The Kier molecular flexibility index (Phi) is 5.60. The monoisotopic (exact) mass is 333 g/mol. The van der Waals surface area contributed by atoms with Crippen molar-refractivity contribution in [2.75, 3.05) is 12.3 Å². The summed E-state index contributed by atoms with van der Waals surface area (Å²) in [6.45, 7) is 3.44. The van der Waals surface area contributed by atoms with E-state index in [0.717, 1.165) is 22.9 Å². The number of aliphatic carboxylic acids is 1. The molecule has 23 heavy (non-hydrogen) atoms. The maximum absolute atomic E-state index is 12.6. The minimum Gasteiger partial charge on any atom is -0.479 e. The molecule has 0 fully saturated rings. The molecule has 0 aliphatic carbocycles. The molecule has 1 aromatic carbocycles. The molecular formula is C17H19NO4S. The SMILES string of the molecule is CC(=O)SC[C@@H](C)C(=O)N1CC(c2ccccc2)=CC1C(=O)O. The number of nitrogens with zero attached hydrogens (tertiary/aromatic N) is 1. The molecule has 1 heterocycles. The largest absolute Gasteiger partial charge is 0.479 e. The van der Waals surface area contributed by atoms with Gasteiger partial charge in [0, 0.05) is 25.1 Å². The molecule has 5 nitrogen and oxygen atoms in total. The first kappa shape index (κ1) is 17.3. The van der Waals surface area contributed by atoms with Crippen molar-refractivity contribution in [1.82, 2.24) is 4.90 Å². The lowest BCUT2D eigenvalue weighted by molar-refractivity contribution is -0.148. The summed E-state index contributed by atoms with van der Waals surface area (Å²) in [7, 11) is 0. The molecular weight excluding hydrogens is 314 g/mol. The van der Waals surface area contributed by atoms with E-state index in [0.29, 0.717) is 5.75 Å². The van der Waals surface area contributed by atoms with Crippen LogP contribution in [0.1, 0.15) is 19.4 Å². The van der Waals surface area contributed by atoms with E-state index in [1.807, 2.05) is 30.3 Å². The van der Waals surface area contributed by atoms with Gasteiger partial charge in [-0.2, -0.15) is 0 Å². The van der Waals surface area contributed by atoms with E-state index < -0.39 is 17.9 Å². The van der Waals surface area contributed by atoms with Crippen molar-refractivity contribution in [2.45, 2.75) is 19.9 Å². The van der Waals surface area contributed by atoms with E-state index in [1.165, 1.54) is 11.8 Å². The Hall–Kier alpha value is -2.08. The molecule has 1 aliphatic rings. The summed E-state index contributed by atoms with van der Waals surface area (Å²) in [6, 6.07) is 8.48. The maximum atomic E-state index is 12.6. The van der Waals surface area contributed by atoms with Crippen molar-refractivity contribution in [2.24, 2.45) is 5.92 Å². The van der Waals surface area contributed by atoms with Crippen LogP contribution in [-0.4, -0.2) is 45.3 Å². The van der Waals surface area contributed by atoms with Gasteiger partial charge in [-0.05, 0) is 17.2 Å². The lowest BCUT2D eigenvalue weighted by Crippen LogP contribution is -2.44. The molecule has 1 aromatic rings. The Labute approximate surface area is 139 Å². The summed E-state index contributed by atoms with van der Waals surface area (Å²) >= 11 is 1.08. The topological polar surface area (TPSA) is 74.7 Å². The van der Waals surface area contributed by atoms with Crippen LogP contribution in [0.3, 0.4) is 0 Å². The lowest BCUT2D eigenvalue weighted by Gasteiger charge is -2.25. The number of hydrogen-bond donors (Lipinski definition) is 1. The third-order valence-electron chi connectivity index (χ3n) is 3.67. The fourth-order valence-corrected chi connectivity index (χ4v) is 3.10. The minimum atomic E-state index is -1.05. The van der Waals surface area contributed by atoms with Gasteiger partial charge in [-0.15, -0.1) is 0 Å². The molecule has 0 saturated carbocycles. The third kappa shape index (κ3) is 4.22. The molecule has 2 atom stereocenters. The number of carbonyl (C=O) groups is 3. The minimum absolute atomic E-state index is 0.0519. The van der Waals surface area contributed by atoms with Gasteiger partial charge in [0.05, 0.1) is 0 Å². The van der Waals surface area contributed by atoms with Crippen LogP contribution in [0.15, 0.2) is 36.4 Å². The van der Waals surface area contributed by atoms with Gasteiger partial charge in [0.25, 0.3) is 0 Å². The molecule has 0 bridgehead atoms. The molecule has 0 radical (unpaired) electrons. The zero-order valence-electron chi connectivity index (χ0n) is 13.1. The van der Waals surface area contributed by atoms with Crippen molar-refractivity contribution in [3.05, 3.63) is 42.0 Å². The van der Waals surface area contributed by atoms with Gasteiger partial charge in [0.1, 0.15) is 6.04 Å². The highest BCUT2D eigenvalue weighted by molar-refractivity contribution is 8.13. The normalized spacial score (nSPS) is 18.4. The molecule has 1 amide bonds. The first-order valence-corrected chi connectivity index (χ1v) is 8.31. The highest BCUT2D eigenvalue weighted by atomic mass is 32.2. The fourth-order valence-electron chi connectivity index (χ4n) is 2.47. The number of benzene rings is 1. The second-order valence-corrected chi connectivity index (χ2v) is 6.71. The average molecular weight is 333 g/mol. The molecule has 6 heteroatoms. The molecule has 1 aliphatic heterocycles. The zero-order valence-corrected chi connectivity index (χ0v) is 13.9. The van der Waals surface area contributed by atoms with E-state index in [9.17, 15) is 19.5 Å². The molecule has 1 unspecified atom stereocenters. The van der Waals surface area contributed by atoms with Gasteiger partial charge in [-0.25, -0.2) is 4.79 Å². The van der Waals surface area contributed by atoms with E-state index in [2.05, 4.69) is 0 Å². The standard InChI is InChI=1S/C17H19NO4S/c1-11(10-23-12(2)19)16(20)18-9-14(8-15(18)17(21)22)13-6-4-3-5-7-13/h3-8,11,15H,9-10H2,1-2H3,(H,21,22)/t11-,15?/m1/s1. The number of thioether (sulfide) groups is 1. The summed E-state index contributed by atoms with van der Waals surface area (Å²) in [4.78, 5) is 36.4. The van der Waals surface area contributed by atoms with E-state index in [1.54, 1.807) is 13.0 Å². The molecule has 0 aromatic heterocycles. The number of carboxylic acids is 1. The van der Waals surface area contributed by atoms with E-state index in [4.69, 9.17) is 0 Å². The van der Waals surface area contributed by atoms with Crippen LogP contribution in [0, 0.1) is 5.92 Å². The van der Waals surface area contributed by atoms with Gasteiger partial charge >= 0.3 is 5.97 Å². The van der Waals surface area contributed by atoms with Crippen molar-refractivity contribution in [3.63, 3.8) is 0 Å². The van der Waals surface area contributed by atoms with E-state index >= 15 is 0 Å². The van der Waals surface area contributed by atoms with Crippen molar-refractivity contribution >= 4 is 34.3 Å². The summed E-state index contributed by atoms with van der Waals surface area (Å²) in [5.41, 5.74) is 1.75. The lowest BCUT2D eigenvalue weighted by atomic mass is 10.1. The first-order valence-electron chi connectivity index (χ1n) is 7.33. The Balaban J connectivity index is 2.15. The number of rotatable bonds is 5. The van der Waals surface area contributed by atoms with Crippen LogP contribution in [0.4, 0.5) is 0 Å². The molecule has 0 saturated heterocycles. The van der Waals surface area contributed by atoms with E-state index in [-0.39, 0.29) is 17.6 Å². The van der Waals surface area contributed by atoms with Crippen LogP contribution in [0.5, 0.6) is 0 Å². The highest BCUT2D eigenvalue weighted by Crippen LogP contribution is 2.27. The van der Waals surface area contributed by atoms with Crippen molar-refractivity contribution in [1.29, 1.82) is 0 Å². The maximum Gasteiger partial charge on any atom is 0.330 e. The van der Waals surface area contributed by atoms with Gasteiger partial charge < -0.3 is 10.0 Å². The first-order chi connectivity index (χ1) is 10.9. The second kappa shape index (κ2) is 7.46. The summed E-state index contributed by atoms with van der Waals surface area (Å²) < 4.78 is 0. The number of hydrogen-bond acceptors (Lipinski definition) is 4. The second-order valence-electron chi connectivity index (χ2n) is 5.51. The zero-order chi connectivity index (χ0) is 17.0. The molecule has 2 rings (SSSR count). The van der Waals surface area contributed by atoms with Gasteiger partial charge in [0.15, 0.2) is 5.12 Å². The van der Waals surface area contributed by atoms with Crippen molar-refractivity contribution < 1.29 is 19.5 Å². The van der Waals surface area contributed by atoms with Gasteiger partial charge in [-0.3, -0.25) is 9.59 Å². The number of carbonyl (C=O) groups excluding carboxylic acids is 2. The predicted octanol–water partition coefficient (Wildman–Crippen LogP) is 2.28. The van der Waals surface area contributed by atoms with Gasteiger partial charge in [0.2, 0.25) is 5.91 Å². The summed E-state index contributed by atoms with van der Waals surface area (Å²) in [5, 5.41) is 9.35. The van der Waals surface area contributed by atoms with Crippen LogP contribution in [0.2, 0.25) is 0 Å². The Morgan fingerprint density at radius 1 is 1.30 bits per heavy atom. The van der Waals surface area contributed by atoms with Crippen LogP contribution >= 0.6 is 11.8 Å². The quantitative estimate of drug-likeness (QED) is 0.895. The van der Waals surface area contributed by atoms with Crippen LogP contribution in [0.25, 0.3) is 5.57 Å².